The van der Waals surface area contributed by atoms with Crippen molar-refractivity contribution in [3.63, 3.8) is 0 Å². The average Bonchev–Trinajstić information content (AvgIpc) is 2.79. The number of nitro groups is 1. The van der Waals surface area contributed by atoms with Gasteiger partial charge in [-0.25, -0.2) is 13.2 Å². The molecule has 172 valence electrons. The number of para-hydroxylation sites is 1. The maximum atomic E-state index is 13.6. The summed E-state index contributed by atoms with van der Waals surface area (Å²) in [6.45, 7) is 0.993. The molecule has 1 atom stereocenters. The summed E-state index contributed by atoms with van der Waals surface area (Å²) in [4.78, 5) is 22.9. The molecule has 2 aromatic carbocycles. The Balaban J connectivity index is 1.96. The predicted molar refractivity (Wildman–Crippen MR) is 117 cm³/mol. The summed E-state index contributed by atoms with van der Waals surface area (Å²) >= 11 is 0. The van der Waals surface area contributed by atoms with Crippen LogP contribution in [0.1, 0.15) is 6.42 Å². The average molecular weight is 465 g/mol. The molecular weight excluding hydrogens is 440 g/mol. The van der Waals surface area contributed by atoms with Crippen molar-refractivity contribution in [2.24, 2.45) is 0 Å². The number of hydrogen-bond donors (Lipinski definition) is 2. The Bertz CT molecular complexity index is 1090. The number of ether oxygens (including phenoxy) is 1. The van der Waals surface area contributed by atoms with Crippen LogP contribution in [0, 0.1) is 10.1 Å². The van der Waals surface area contributed by atoms with Gasteiger partial charge in [-0.1, -0.05) is 18.2 Å². The van der Waals surface area contributed by atoms with Crippen LogP contribution in [-0.4, -0.2) is 68.8 Å². The van der Waals surface area contributed by atoms with E-state index in [-0.39, 0.29) is 24.8 Å². The van der Waals surface area contributed by atoms with Gasteiger partial charge in [-0.05, 0) is 24.6 Å². The first kappa shape index (κ1) is 23.3. The molecule has 0 radical (unpaired) electrons. The number of sulfonamides is 1. The lowest BCUT2D eigenvalue weighted by Crippen LogP contribution is -2.53. The van der Waals surface area contributed by atoms with Crippen LogP contribution < -0.4 is 14.4 Å². The van der Waals surface area contributed by atoms with Gasteiger partial charge >= 0.3 is 6.09 Å². The number of benzene rings is 2. The molecule has 12 heteroatoms. The highest BCUT2D eigenvalue weighted by Crippen LogP contribution is 2.31. The van der Waals surface area contributed by atoms with Crippen molar-refractivity contribution in [1.29, 1.82) is 0 Å². The molecular formula is C20H24N4O7S. The summed E-state index contributed by atoms with van der Waals surface area (Å²) in [5.41, 5.74) is -0.235. The van der Waals surface area contributed by atoms with Gasteiger partial charge in [-0.2, -0.15) is 0 Å². The van der Waals surface area contributed by atoms with Crippen molar-refractivity contribution in [3.05, 3.63) is 58.6 Å². The fourth-order valence-electron chi connectivity index (χ4n) is 3.56. The van der Waals surface area contributed by atoms with Gasteiger partial charge in [-0.15, -0.1) is 0 Å². The summed E-state index contributed by atoms with van der Waals surface area (Å²) < 4.78 is 33.4. The molecule has 1 heterocycles. The smallest absolute Gasteiger partial charge is 0.407 e. The molecule has 32 heavy (non-hydrogen) atoms. The van der Waals surface area contributed by atoms with E-state index in [4.69, 9.17) is 4.74 Å². The number of amides is 1. The van der Waals surface area contributed by atoms with Crippen molar-refractivity contribution in [1.82, 2.24) is 10.2 Å². The van der Waals surface area contributed by atoms with Crippen LogP contribution >= 0.6 is 0 Å². The number of hydrogen-bond acceptors (Lipinski definition) is 7. The molecule has 1 saturated heterocycles. The second kappa shape index (κ2) is 9.83. The maximum absolute atomic E-state index is 13.6. The topological polar surface area (TPSA) is 142 Å². The maximum Gasteiger partial charge on any atom is 0.407 e. The zero-order valence-corrected chi connectivity index (χ0v) is 18.2. The van der Waals surface area contributed by atoms with Gasteiger partial charge in [0.15, 0.2) is 4.90 Å². The fourth-order valence-corrected chi connectivity index (χ4v) is 5.20. The lowest BCUT2D eigenvalue weighted by molar-refractivity contribution is -0.387. The molecule has 0 saturated carbocycles. The number of piperazine rings is 1. The van der Waals surface area contributed by atoms with Crippen LogP contribution in [0.3, 0.4) is 0 Å². The largest absolute Gasteiger partial charge is 0.497 e. The minimum Gasteiger partial charge on any atom is -0.497 e. The summed E-state index contributed by atoms with van der Waals surface area (Å²) in [5.74, 6) is 0.429. The number of nitro benzene ring substituents is 1. The lowest BCUT2D eigenvalue weighted by Gasteiger charge is -2.33. The van der Waals surface area contributed by atoms with Gasteiger partial charge in [0.05, 0.1) is 17.7 Å². The molecule has 1 aliphatic heterocycles. The van der Waals surface area contributed by atoms with Gasteiger partial charge in [-0.3, -0.25) is 14.4 Å². The first-order chi connectivity index (χ1) is 15.2. The molecule has 0 unspecified atom stereocenters. The van der Waals surface area contributed by atoms with Crippen LogP contribution in [0.2, 0.25) is 0 Å². The Hall–Kier alpha value is -3.38. The molecule has 1 amide bonds. The number of anilines is 1. The first-order valence-corrected chi connectivity index (χ1v) is 11.3. The van der Waals surface area contributed by atoms with Gasteiger partial charge in [0, 0.05) is 44.4 Å². The summed E-state index contributed by atoms with van der Waals surface area (Å²) in [7, 11) is -2.86. The van der Waals surface area contributed by atoms with E-state index < -0.39 is 31.6 Å². The predicted octanol–water partition coefficient (Wildman–Crippen LogP) is 2.14. The van der Waals surface area contributed by atoms with E-state index in [1.165, 1.54) is 36.3 Å². The molecule has 0 spiro atoms. The zero-order chi connectivity index (χ0) is 23.3. The number of nitrogens with zero attached hydrogens (tertiary/aromatic N) is 3. The number of carbonyl (C=O) groups is 1. The second-order valence-corrected chi connectivity index (χ2v) is 9.00. The van der Waals surface area contributed by atoms with Gasteiger partial charge in [0.1, 0.15) is 5.75 Å². The summed E-state index contributed by atoms with van der Waals surface area (Å²) in [6, 6.07) is 11.3. The molecule has 0 aromatic heterocycles. The van der Waals surface area contributed by atoms with Gasteiger partial charge in [0.2, 0.25) is 0 Å². The molecule has 2 N–H and O–H groups in total. The third-order valence-corrected chi connectivity index (χ3v) is 7.05. The van der Waals surface area contributed by atoms with Crippen molar-refractivity contribution in [2.75, 3.05) is 37.6 Å². The first-order valence-electron chi connectivity index (χ1n) is 9.85. The Morgan fingerprint density at radius 1 is 1.31 bits per heavy atom. The molecule has 0 aliphatic carbocycles. The van der Waals surface area contributed by atoms with Gasteiger partial charge in [0.25, 0.3) is 15.7 Å². The molecule has 3 rings (SSSR count). The van der Waals surface area contributed by atoms with E-state index in [9.17, 15) is 28.4 Å². The molecule has 11 nitrogen and oxygen atoms in total. The normalized spacial score (nSPS) is 16.4. The van der Waals surface area contributed by atoms with Crippen molar-refractivity contribution >= 4 is 27.5 Å². The van der Waals surface area contributed by atoms with Crippen molar-refractivity contribution in [2.45, 2.75) is 17.4 Å². The third-order valence-electron chi connectivity index (χ3n) is 5.18. The molecule has 1 fully saturated rings. The Morgan fingerprint density at radius 3 is 2.75 bits per heavy atom. The van der Waals surface area contributed by atoms with Crippen molar-refractivity contribution < 1.29 is 28.0 Å². The quantitative estimate of drug-likeness (QED) is 0.447. The highest BCUT2D eigenvalue weighted by atomic mass is 32.2. The Kier molecular flexibility index (Phi) is 7.15. The van der Waals surface area contributed by atoms with E-state index in [2.05, 4.69) is 5.32 Å². The third kappa shape index (κ3) is 5.08. The number of rotatable bonds is 8. The van der Waals surface area contributed by atoms with E-state index in [0.717, 1.165) is 10.4 Å². The monoisotopic (exact) mass is 464 g/mol. The zero-order valence-electron chi connectivity index (χ0n) is 17.4. The minimum absolute atomic E-state index is 0.0212. The van der Waals surface area contributed by atoms with Crippen LogP contribution in [0.15, 0.2) is 53.4 Å². The van der Waals surface area contributed by atoms with E-state index in [1.807, 2.05) is 0 Å². The SMILES string of the molecule is COc1cccc(N(CC[C@@H]2CN(C(=O)O)CCN2)S(=O)(=O)c2ccccc2[N+](=O)[O-])c1. The van der Waals surface area contributed by atoms with E-state index in [0.29, 0.717) is 25.3 Å². The Labute approximate surface area is 185 Å². The molecule has 2 aromatic rings. The number of methoxy groups -OCH3 is 1. The highest BCUT2D eigenvalue weighted by molar-refractivity contribution is 7.93. The standard InChI is InChI=1S/C20H24N4O7S/c1-31-17-6-4-5-16(13-17)23(11-9-15-14-22(20(25)26)12-10-21-15)32(29,30)19-8-3-2-7-18(19)24(27)28/h2-8,13,15,21H,9-12,14H2,1H3,(H,25,26)/t15-/m1/s1. The van der Waals surface area contributed by atoms with Crippen LogP contribution in [0.5, 0.6) is 5.75 Å². The number of nitrogens with one attached hydrogen (secondary N) is 1. The molecule has 1 aliphatic rings. The van der Waals surface area contributed by atoms with E-state index in [1.54, 1.807) is 18.2 Å². The van der Waals surface area contributed by atoms with Crippen LogP contribution in [0.25, 0.3) is 0 Å². The van der Waals surface area contributed by atoms with Crippen LogP contribution in [-0.2, 0) is 10.0 Å². The second-order valence-electron chi connectivity index (χ2n) is 7.17. The number of carboxylic acid groups (broad SMARTS) is 1. The highest BCUT2D eigenvalue weighted by Gasteiger charge is 2.33. The summed E-state index contributed by atoms with van der Waals surface area (Å²) in [6.07, 6.45) is -0.741. The van der Waals surface area contributed by atoms with Crippen molar-refractivity contribution in [3.8, 4) is 5.75 Å². The lowest BCUT2D eigenvalue weighted by atomic mass is 10.1. The minimum atomic E-state index is -4.31. The van der Waals surface area contributed by atoms with Crippen LogP contribution in [0.4, 0.5) is 16.2 Å². The molecule has 0 bridgehead atoms. The van der Waals surface area contributed by atoms with E-state index >= 15 is 0 Å². The fraction of sp³-hybridized carbons (Fsp3) is 0.350. The van der Waals surface area contributed by atoms with Gasteiger partial charge < -0.3 is 20.1 Å². The Morgan fingerprint density at radius 2 is 2.06 bits per heavy atom. The summed E-state index contributed by atoms with van der Waals surface area (Å²) in [5, 5.41) is 23.9.